The van der Waals surface area contributed by atoms with Crippen molar-refractivity contribution >= 4 is 6.29 Å². The standard InChI is InChI=1S/C19H37NO/c1-5-9-12-18(7-3)16-20(14-11-15-21)17-19(8-4)13-10-6-2/h11,14-15,18-19H,5-10,12-13,16-17H2,1-4H3/b14-11+. The van der Waals surface area contributed by atoms with Crippen molar-refractivity contribution in [2.75, 3.05) is 13.1 Å². The van der Waals surface area contributed by atoms with Crippen molar-refractivity contribution in [2.45, 2.75) is 79.1 Å². The number of hydrogen-bond donors (Lipinski definition) is 0. The Kier molecular flexibility index (Phi) is 13.6. The Balaban J connectivity index is 4.53. The highest BCUT2D eigenvalue weighted by Crippen LogP contribution is 2.19. The zero-order valence-corrected chi connectivity index (χ0v) is 14.8. The lowest BCUT2D eigenvalue weighted by Crippen LogP contribution is -2.30. The van der Waals surface area contributed by atoms with Gasteiger partial charge in [-0.2, -0.15) is 0 Å². The summed E-state index contributed by atoms with van der Waals surface area (Å²) in [6.45, 7) is 11.3. The summed E-state index contributed by atoms with van der Waals surface area (Å²) >= 11 is 0. The van der Waals surface area contributed by atoms with Crippen molar-refractivity contribution in [1.82, 2.24) is 4.90 Å². The van der Waals surface area contributed by atoms with Gasteiger partial charge in [0.15, 0.2) is 0 Å². The quantitative estimate of drug-likeness (QED) is 0.314. The van der Waals surface area contributed by atoms with Crippen LogP contribution in [0.2, 0.25) is 0 Å². The van der Waals surface area contributed by atoms with Crippen LogP contribution in [0, 0.1) is 11.8 Å². The molecule has 0 spiro atoms. The number of rotatable bonds is 14. The molecular formula is C19H37NO. The summed E-state index contributed by atoms with van der Waals surface area (Å²) < 4.78 is 0. The van der Waals surface area contributed by atoms with E-state index >= 15 is 0 Å². The minimum Gasteiger partial charge on any atom is -0.377 e. The van der Waals surface area contributed by atoms with Gasteiger partial charge in [0, 0.05) is 19.3 Å². The zero-order chi connectivity index (χ0) is 15.9. The van der Waals surface area contributed by atoms with Crippen molar-refractivity contribution in [2.24, 2.45) is 11.8 Å². The Morgan fingerprint density at radius 3 is 1.67 bits per heavy atom. The van der Waals surface area contributed by atoms with Gasteiger partial charge in [0.2, 0.25) is 0 Å². The highest BCUT2D eigenvalue weighted by molar-refractivity contribution is 5.64. The molecule has 0 aliphatic rings. The second kappa shape index (κ2) is 14.2. The van der Waals surface area contributed by atoms with E-state index in [0.717, 1.165) is 31.2 Å². The van der Waals surface area contributed by atoms with Gasteiger partial charge < -0.3 is 4.90 Å². The molecule has 0 radical (unpaired) electrons. The van der Waals surface area contributed by atoms with E-state index in [4.69, 9.17) is 0 Å². The van der Waals surface area contributed by atoms with Crippen molar-refractivity contribution < 1.29 is 4.79 Å². The fraction of sp³-hybridized carbons (Fsp3) is 0.842. The van der Waals surface area contributed by atoms with Gasteiger partial charge >= 0.3 is 0 Å². The van der Waals surface area contributed by atoms with Crippen LogP contribution in [0.1, 0.15) is 79.1 Å². The smallest absolute Gasteiger partial charge is 0.144 e. The molecule has 0 saturated carbocycles. The van der Waals surface area contributed by atoms with Crippen molar-refractivity contribution in [3.8, 4) is 0 Å². The van der Waals surface area contributed by atoms with Gasteiger partial charge in [-0.1, -0.05) is 66.2 Å². The van der Waals surface area contributed by atoms with Crippen molar-refractivity contribution in [1.29, 1.82) is 0 Å². The fourth-order valence-electron chi connectivity index (χ4n) is 2.85. The number of nitrogens with zero attached hydrogens (tertiary/aromatic N) is 1. The zero-order valence-electron chi connectivity index (χ0n) is 14.8. The number of unbranched alkanes of at least 4 members (excludes halogenated alkanes) is 2. The first-order valence-electron chi connectivity index (χ1n) is 9.07. The molecule has 2 heteroatoms. The maximum atomic E-state index is 10.7. The van der Waals surface area contributed by atoms with Crippen LogP contribution in [-0.2, 0) is 4.79 Å². The molecular weight excluding hydrogens is 258 g/mol. The van der Waals surface area contributed by atoms with Crippen LogP contribution in [0.3, 0.4) is 0 Å². The monoisotopic (exact) mass is 295 g/mol. The summed E-state index contributed by atoms with van der Waals surface area (Å²) in [7, 11) is 0. The van der Waals surface area contributed by atoms with Crippen LogP contribution in [-0.4, -0.2) is 24.3 Å². The van der Waals surface area contributed by atoms with E-state index in [1.807, 2.05) is 6.20 Å². The maximum Gasteiger partial charge on any atom is 0.144 e. The lowest BCUT2D eigenvalue weighted by molar-refractivity contribution is -0.104. The Labute approximate surface area is 133 Å². The number of aldehydes is 1. The summed E-state index contributed by atoms with van der Waals surface area (Å²) in [5.74, 6) is 1.51. The highest BCUT2D eigenvalue weighted by atomic mass is 16.1. The Morgan fingerprint density at radius 2 is 1.33 bits per heavy atom. The largest absolute Gasteiger partial charge is 0.377 e. The Hall–Kier alpha value is -0.790. The van der Waals surface area contributed by atoms with E-state index in [9.17, 15) is 4.79 Å². The van der Waals surface area contributed by atoms with Crippen molar-refractivity contribution in [3.63, 3.8) is 0 Å². The van der Waals surface area contributed by atoms with Crippen LogP contribution in [0.4, 0.5) is 0 Å². The Bertz CT molecular complexity index is 244. The van der Waals surface area contributed by atoms with Gasteiger partial charge in [-0.05, 0) is 30.8 Å². The SMILES string of the molecule is CCCCC(CC)CN(/C=C/C=O)CC(CC)CCCC. The molecule has 0 rings (SSSR count). The molecule has 0 aliphatic carbocycles. The van der Waals surface area contributed by atoms with E-state index in [2.05, 4.69) is 32.6 Å². The molecule has 124 valence electrons. The molecule has 0 aromatic rings. The summed E-state index contributed by atoms with van der Waals surface area (Å²) in [4.78, 5) is 13.0. The van der Waals surface area contributed by atoms with Gasteiger partial charge in [-0.25, -0.2) is 0 Å². The summed E-state index contributed by atoms with van der Waals surface area (Å²) in [6.07, 6.45) is 14.8. The number of carbonyl (C=O) groups is 1. The number of carbonyl (C=O) groups excluding carboxylic acids is 1. The molecule has 0 saturated heterocycles. The second-order valence-electron chi connectivity index (χ2n) is 6.26. The fourth-order valence-corrected chi connectivity index (χ4v) is 2.85. The molecule has 0 aromatic heterocycles. The van der Waals surface area contributed by atoms with Crippen LogP contribution in [0.25, 0.3) is 0 Å². The lowest BCUT2D eigenvalue weighted by Gasteiger charge is -2.29. The normalized spacial score (nSPS) is 14.3. The van der Waals surface area contributed by atoms with Gasteiger partial charge in [-0.15, -0.1) is 0 Å². The molecule has 0 bridgehead atoms. The van der Waals surface area contributed by atoms with Crippen LogP contribution >= 0.6 is 0 Å². The molecule has 0 aliphatic heterocycles. The van der Waals surface area contributed by atoms with E-state index in [1.165, 1.54) is 51.4 Å². The molecule has 0 N–H and O–H groups in total. The number of hydrogen-bond acceptors (Lipinski definition) is 2. The first-order chi connectivity index (χ1) is 10.2. The topological polar surface area (TPSA) is 20.3 Å². The minimum atomic E-state index is 0.755. The first kappa shape index (κ1) is 20.2. The number of allylic oxidation sites excluding steroid dienone is 1. The van der Waals surface area contributed by atoms with E-state index < -0.39 is 0 Å². The highest BCUT2D eigenvalue weighted by Gasteiger charge is 2.14. The molecule has 0 heterocycles. The second-order valence-corrected chi connectivity index (χ2v) is 6.26. The third kappa shape index (κ3) is 10.6. The molecule has 2 unspecified atom stereocenters. The van der Waals surface area contributed by atoms with Gasteiger partial charge in [-0.3, -0.25) is 4.79 Å². The van der Waals surface area contributed by atoms with Gasteiger partial charge in [0.1, 0.15) is 6.29 Å². The van der Waals surface area contributed by atoms with Gasteiger partial charge in [0.25, 0.3) is 0 Å². The first-order valence-corrected chi connectivity index (χ1v) is 9.07. The van der Waals surface area contributed by atoms with E-state index in [0.29, 0.717) is 0 Å². The third-order valence-corrected chi connectivity index (χ3v) is 4.45. The van der Waals surface area contributed by atoms with Crippen LogP contribution in [0.5, 0.6) is 0 Å². The average Bonchev–Trinajstić information content (AvgIpc) is 2.52. The molecule has 0 aromatic carbocycles. The average molecular weight is 296 g/mol. The lowest BCUT2D eigenvalue weighted by atomic mass is 9.96. The van der Waals surface area contributed by atoms with Crippen molar-refractivity contribution in [3.05, 3.63) is 12.3 Å². The summed E-state index contributed by atoms with van der Waals surface area (Å²) in [6, 6.07) is 0. The molecule has 2 atom stereocenters. The maximum absolute atomic E-state index is 10.7. The summed E-state index contributed by atoms with van der Waals surface area (Å²) in [5, 5.41) is 0. The molecule has 0 amide bonds. The molecule has 0 fully saturated rings. The van der Waals surface area contributed by atoms with E-state index in [1.54, 1.807) is 6.08 Å². The third-order valence-electron chi connectivity index (χ3n) is 4.45. The molecule has 2 nitrogen and oxygen atoms in total. The Morgan fingerprint density at radius 1 is 0.857 bits per heavy atom. The molecule has 21 heavy (non-hydrogen) atoms. The van der Waals surface area contributed by atoms with Crippen LogP contribution < -0.4 is 0 Å². The predicted molar refractivity (Wildman–Crippen MR) is 93.4 cm³/mol. The summed E-state index contributed by atoms with van der Waals surface area (Å²) in [5.41, 5.74) is 0. The van der Waals surface area contributed by atoms with E-state index in [-0.39, 0.29) is 0 Å². The van der Waals surface area contributed by atoms with Crippen LogP contribution in [0.15, 0.2) is 12.3 Å². The predicted octanol–water partition coefficient (Wildman–Crippen LogP) is 5.43. The minimum absolute atomic E-state index is 0.755. The van der Waals surface area contributed by atoms with Gasteiger partial charge in [0.05, 0.1) is 0 Å².